The lowest BCUT2D eigenvalue weighted by atomic mass is 10.1. The summed E-state index contributed by atoms with van der Waals surface area (Å²) in [5.41, 5.74) is 1.37. The van der Waals surface area contributed by atoms with Crippen LogP contribution >= 0.6 is 11.3 Å². The Morgan fingerprint density at radius 2 is 2.11 bits per heavy atom. The van der Waals surface area contributed by atoms with Crippen LogP contribution < -0.4 is 5.32 Å². The molecule has 1 aromatic heterocycles. The zero-order valence-electron chi connectivity index (χ0n) is 17.6. The van der Waals surface area contributed by atoms with Gasteiger partial charge in [0.15, 0.2) is 5.96 Å². The number of thiophene rings is 1. The molecule has 2 aliphatic heterocycles. The van der Waals surface area contributed by atoms with Crippen LogP contribution in [0.3, 0.4) is 0 Å². The van der Waals surface area contributed by atoms with Gasteiger partial charge in [-0.1, -0.05) is 13.8 Å². The first-order chi connectivity index (χ1) is 13.8. The third kappa shape index (κ3) is 5.47. The molecule has 1 N–H and O–H groups in total. The first-order valence-electron chi connectivity index (χ1n) is 10.8. The van der Waals surface area contributed by atoms with E-state index in [4.69, 9.17) is 14.5 Å². The average molecular weight is 409 g/mol. The molecule has 0 amide bonds. The second-order valence-corrected chi connectivity index (χ2v) is 8.18. The average Bonchev–Trinajstić information content (AvgIpc) is 3.44. The molecular weight excluding hydrogens is 372 g/mol. The summed E-state index contributed by atoms with van der Waals surface area (Å²) in [4.78, 5) is 9.91. The van der Waals surface area contributed by atoms with Crippen LogP contribution in [0.1, 0.15) is 45.2 Å². The van der Waals surface area contributed by atoms with Gasteiger partial charge < -0.3 is 19.7 Å². The van der Waals surface area contributed by atoms with Gasteiger partial charge >= 0.3 is 0 Å². The normalized spacial score (nSPS) is 24.7. The van der Waals surface area contributed by atoms with Gasteiger partial charge in [0, 0.05) is 26.2 Å². The molecule has 1 aromatic rings. The Morgan fingerprint density at radius 3 is 2.75 bits per heavy atom. The van der Waals surface area contributed by atoms with Crippen molar-refractivity contribution in [2.75, 3.05) is 52.5 Å². The van der Waals surface area contributed by atoms with Crippen LogP contribution in [0.4, 0.5) is 0 Å². The highest BCUT2D eigenvalue weighted by atomic mass is 32.1. The maximum atomic E-state index is 6.02. The van der Waals surface area contributed by atoms with Gasteiger partial charge in [-0.05, 0) is 55.2 Å². The summed E-state index contributed by atoms with van der Waals surface area (Å²) in [5, 5.41) is 7.92. The molecule has 2 aliphatic rings. The maximum Gasteiger partial charge on any atom is 0.194 e. The van der Waals surface area contributed by atoms with Crippen molar-refractivity contribution in [2.45, 2.75) is 51.9 Å². The lowest BCUT2D eigenvalue weighted by Gasteiger charge is -2.37. The smallest absolute Gasteiger partial charge is 0.194 e. The number of ether oxygens (including phenoxy) is 2. The molecule has 3 heterocycles. The number of hydrogen-bond acceptors (Lipinski definition) is 5. The largest absolute Gasteiger partial charge is 0.375 e. The molecule has 158 valence electrons. The van der Waals surface area contributed by atoms with Gasteiger partial charge in [-0.15, -0.1) is 0 Å². The van der Waals surface area contributed by atoms with E-state index in [0.29, 0.717) is 6.04 Å². The molecule has 3 unspecified atom stereocenters. The predicted molar refractivity (Wildman–Crippen MR) is 116 cm³/mol. The number of morpholine rings is 1. The van der Waals surface area contributed by atoms with Gasteiger partial charge in [-0.2, -0.15) is 11.3 Å². The van der Waals surface area contributed by atoms with Crippen molar-refractivity contribution in [3.05, 3.63) is 22.4 Å². The number of nitrogens with one attached hydrogen (secondary N) is 1. The van der Waals surface area contributed by atoms with Crippen molar-refractivity contribution >= 4 is 17.3 Å². The van der Waals surface area contributed by atoms with Gasteiger partial charge in [-0.3, -0.25) is 9.89 Å². The molecule has 3 atom stereocenters. The summed E-state index contributed by atoms with van der Waals surface area (Å²) >= 11 is 1.76. The summed E-state index contributed by atoms with van der Waals surface area (Å²) < 4.78 is 11.9. The van der Waals surface area contributed by atoms with Crippen molar-refractivity contribution in [1.29, 1.82) is 0 Å². The SMILES string of the molecule is CCNC(=NCC(c1ccsc1)N(CC)CC)N1CCOC(C2CCCO2)C1. The monoisotopic (exact) mass is 408 g/mol. The Balaban J connectivity index is 1.71. The molecule has 0 saturated carbocycles. The van der Waals surface area contributed by atoms with E-state index >= 15 is 0 Å². The summed E-state index contributed by atoms with van der Waals surface area (Å²) in [6, 6.07) is 2.56. The minimum atomic E-state index is 0.149. The molecule has 0 bridgehead atoms. The van der Waals surface area contributed by atoms with E-state index in [1.807, 2.05) is 0 Å². The lowest BCUT2D eigenvalue weighted by molar-refractivity contribution is -0.0817. The highest BCUT2D eigenvalue weighted by Crippen LogP contribution is 2.24. The van der Waals surface area contributed by atoms with E-state index in [9.17, 15) is 0 Å². The molecule has 28 heavy (non-hydrogen) atoms. The third-order valence-electron chi connectivity index (χ3n) is 5.70. The first kappa shape index (κ1) is 21.6. The van der Waals surface area contributed by atoms with Crippen LogP contribution in [0.15, 0.2) is 21.8 Å². The van der Waals surface area contributed by atoms with Crippen molar-refractivity contribution in [3.63, 3.8) is 0 Å². The van der Waals surface area contributed by atoms with Gasteiger partial charge in [0.2, 0.25) is 0 Å². The van der Waals surface area contributed by atoms with E-state index in [2.05, 4.69) is 52.7 Å². The number of rotatable bonds is 8. The number of guanidine groups is 1. The molecule has 2 saturated heterocycles. The maximum absolute atomic E-state index is 6.02. The summed E-state index contributed by atoms with van der Waals surface area (Å²) in [6.07, 6.45) is 2.63. The minimum absolute atomic E-state index is 0.149. The van der Waals surface area contributed by atoms with Crippen molar-refractivity contribution in [2.24, 2.45) is 4.99 Å². The molecule has 0 spiro atoms. The van der Waals surface area contributed by atoms with Crippen molar-refractivity contribution in [1.82, 2.24) is 15.1 Å². The Hall–Kier alpha value is -1.15. The standard InChI is InChI=1S/C21H36N4O2S/c1-4-22-21(25-10-12-27-20(15-25)19-8-7-11-26-19)23-14-18(24(5-2)6-3)17-9-13-28-16-17/h9,13,16,18-20H,4-8,10-12,14-15H2,1-3H3,(H,22,23). The van der Waals surface area contributed by atoms with Crippen LogP contribution in [0.25, 0.3) is 0 Å². The third-order valence-corrected chi connectivity index (χ3v) is 6.40. The highest BCUT2D eigenvalue weighted by molar-refractivity contribution is 7.07. The summed E-state index contributed by atoms with van der Waals surface area (Å²) in [6.45, 7) is 13.6. The molecule has 6 nitrogen and oxygen atoms in total. The molecule has 0 aromatic carbocycles. The lowest BCUT2D eigenvalue weighted by Crippen LogP contribution is -2.53. The second kappa shape index (κ2) is 11.1. The number of hydrogen-bond donors (Lipinski definition) is 1. The van der Waals surface area contributed by atoms with Gasteiger partial charge in [-0.25, -0.2) is 0 Å². The van der Waals surface area contributed by atoms with Crippen molar-refractivity contribution < 1.29 is 9.47 Å². The van der Waals surface area contributed by atoms with Gasteiger partial charge in [0.05, 0.1) is 25.3 Å². The fourth-order valence-electron chi connectivity index (χ4n) is 4.15. The molecule has 3 rings (SSSR count). The number of aliphatic imine (C=N–C) groups is 1. The van der Waals surface area contributed by atoms with E-state index in [0.717, 1.165) is 71.3 Å². The molecule has 0 aliphatic carbocycles. The van der Waals surface area contributed by atoms with E-state index in [1.165, 1.54) is 5.56 Å². The summed E-state index contributed by atoms with van der Waals surface area (Å²) in [7, 11) is 0. The van der Waals surface area contributed by atoms with E-state index in [-0.39, 0.29) is 12.2 Å². The van der Waals surface area contributed by atoms with Gasteiger partial charge in [0.25, 0.3) is 0 Å². The fraction of sp³-hybridized carbons (Fsp3) is 0.762. The van der Waals surface area contributed by atoms with E-state index < -0.39 is 0 Å². The van der Waals surface area contributed by atoms with Crippen LogP contribution in [-0.2, 0) is 9.47 Å². The molecule has 2 fully saturated rings. The minimum Gasteiger partial charge on any atom is -0.375 e. The molecule has 0 radical (unpaired) electrons. The predicted octanol–water partition coefficient (Wildman–Crippen LogP) is 2.98. The topological polar surface area (TPSA) is 49.3 Å². The number of likely N-dealkylation sites (N-methyl/N-ethyl adjacent to an activating group) is 1. The second-order valence-electron chi connectivity index (χ2n) is 7.40. The first-order valence-corrected chi connectivity index (χ1v) is 11.7. The van der Waals surface area contributed by atoms with E-state index in [1.54, 1.807) is 11.3 Å². The number of nitrogens with zero attached hydrogens (tertiary/aromatic N) is 3. The fourth-order valence-corrected chi connectivity index (χ4v) is 4.86. The Morgan fingerprint density at radius 1 is 1.29 bits per heavy atom. The van der Waals surface area contributed by atoms with Crippen LogP contribution in [0.2, 0.25) is 0 Å². The van der Waals surface area contributed by atoms with Gasteiger partial charge in [0.1, 0.15) is 6.10 Å². The van der Waals surface area contributed by atoms with Crippen molar-refractivity contribution in [3.8, 4) is 0 Å². The van der Waals surface area contributed by atoms with Crippen LogP contribution in [0.5, 0.6) is 0 Å². The Kier molecular flexibility index (Phi) is 8.58. The quantitative estimate of drug-likeness (QED) is 0.529. The molecular formula is C21H36N4O2S. The zero-order chi connectivity index (χ0) is 19.8. The molecule has 7 heteroatoms. The van der Waals surface area contributed by atoms with Crippen LogP contribution in [0, 0.1) is 0 Å². The zero-order valence-corrected chi connectivity index (χ0v) is 18.4. The highest BCUT2D eigenvalue weighted by Gasteiger charge is 2.32. The Bertz CT molecular complexity index is 585. The summed E-state index contributed by atoms with van der Waals surface area (Å²) in [5.74, 6) is 1.00. The van der Waals surface area contributed by atoms with Crippen LogP contribution in [-0.4, -0.2) is 80.4 Å². The Labute approximate surface area is 173 Å².